The van der Waals surface area contributed by atoms with Gasteiger partial charge in [-0.25, -0.2) is 0 Å². The Balaban J connectivity index is 1.68. The van der Waals surface area contributed by atoms with Crippen molar-refractivity contribution in [2.24, 2.45) is 7.05 Å². The summed E-state index contributed by atoms with van der Waals surface area (Å²) in [5, 5.41) is 13.6. The maximum Gasteiger partial charge on any atom is 0.0991 e. The van der Waals surface area contributed by atoms with Gasteiger partial charge in [0.05, 0.1) is 11.6 Å². The van der Waals surface area contributed by atoms with Crippen LogP contribution < -0.4 is 5.32 Å². The second kappa shape index (κ2) is 5.82. The Morgan fingerprint density at radius 3 is 2.57 bits per heavy atom. The largest absolute Gasteiger partial charge is 0.350 e. The van der Waals surface area contributed by atoms with Crippen molar-refractivity contribution in [2.45, 2.75) is 13.1 Å². The molecule has 1 heterocycles. The molecule has 0 unspecified atom stereocenters. The average Bonchev–Trinajstić information content (AvgIpc) is 2.85. The normalized spacial score (nSPS) is 10.7. The lowest BCUT2D eigenvalue weighted by Crippen LogP contribution is -2.12. The van der Waals surface area contributed by atoms with E-state index in [4.69, 9.17) is 5.26 Å². The van der Waals surface area contributed by atoms with Crippen molar-refractivity contribution in [3.8, 4) is 6.07 Å². The number of hydrogen-bond acceptors (Lipinski definition) is 2. The summed E-state index contributed by atoms with van der Waals surface area (Å²) in [7, 11) is 2.08. The number of nitriles is 1. The number of aryl methyl sites for hydroxylation is 1. The van der Waals surface area contributed by atoms with Crippen LogP contribution in [0.2, 0.25) is 0 Å². The molecule has 3 heteroatoms. The first-order chi connectivity index (χ1) is 10.3. The van der Waals surface area contributed by atoms with E-state index in [1.54, 1.807) is 0 Å². The minimum absolute atomic E-state index is 0.702. The van der Waals surface area contributed by atoms with Gasteiger partial charge in [-0.3, -0.25) is 0 Å². The zero-order chi connectivity index (χ0) is 14.7. The third kappa shape index (κ3) is 2.81. The monoisotopic (exact) mass is 275 g/mol. The van der Waals surface area contributed by atoms with Crippen LogP contribution in [0.15, 0.2) is 54.7 Å². The molecule has 0 saturated heterocycles. The van der Waals surface area contributed by atoms with E-state index in [0.29, 0.717) is 5.56 Å². The van der Waals surface area contributed by atoms with Crippen molar-refractivity contribution >= 4 is 10.9 Å². The second-order valence-corrected chi connectivity index (χ2v) is 5.19. The molecule has 0 bridgehead atoms. The maximum absolute atomic E-state index is 8.79. The van der Waals surface area contributed by atoms with Gasteiger partial charge >= 0.3 is 0 Å². The molecule has 0 atom stereocenters. The van der Waals surface area contributed by atoms with Crippen molar-refractivity contribution in [1.29, 1.82) is 5.26 Å². The molecule has 0 saturated carbocycles. The molecule has 1 N–H and O–H groups in total. The van der Waals surface area contributed by atoms with Crippen molar-refractivity contribution < 1.29 is 0 Å². The van der Waals surface area contributed by atoms with Crippen molar-refractivity contribution in [3.63, 3.8) is 0 Å². The molecular formula is C18H17N3. The van der Waals surface area contributed by atoms with Gasteiger partial charge in [-0.15, -0.1) is 0 Å². The van der Waals surface area contributed by atoms with E-state index in [-0.39, 0.29) is 0 Å². The van der Waals surface area contributed by atoms with Crippen LogP contribution in [0.5, 0.6) is 0 Å². The van der Waals surface area contributed by atoms with E-state index in [1.165, 1.54) is 22.0 Å². The lowest BCUT2D eigenvalue weighted by Gasteiger charge is -2.04. The van der Waals surface area contributed by atoms with Crippen LogP contribution in [-0.4, -0.2) is 4.57 Å². The highest BCUT2D eigenvalue weighted by molar-refractivity contribution is 5.83. The third-order valence-electron chi connectivity index (χ3n) is 3.71. The minimum Gasteiger partial charge on any atom is -0.350 e. The van der Waals surface area contributed by atoms with E-state index in [2.05, 4.69) is 53.5 Å². The number of nitrogens with one attached hydrogen (secondary N) is 1. The standard InChI is InChI=1S/C18H17N3/c1-21-13-16(17-4-2-3-5-18(17)21)12-20-11-15-8-6-14(10-19)7-9-15/h2-9,13,20H,11-12H2,1H3. The zero-order valence-corrected chi connectivity index (χ0v) is 12.0. The molecule has 0 amide bonds. The smallest absolute Gasteiger partial charge is 0.0991 e. The van der Waals surface area contributed by atoms with Crippen LogP contribution in [0.1, 0.15) is 16.7 Å². The first-order valence-corrected chi connectivity index (χ1v) is 7.00. The lowest BCUT2D eigenvalue weighted by molar-refractivity contribution is 0.694. The van der Waals surface area contributed by atoms with E-state index in [9.17, 15) is 0 Å². The molecule has 104 valence electrons. The number of nitrogens with zero attached hydrogens (tertiary/aromatic N) is 2. The van der Waals surface area contributed by atoms with E-state index in [0.717, 1.165) is 13.1 Å². The molecule has 0 aliphatic heterocycles. The van der Waals surface area contributed by atoms with Crippen LogP contribution in [0, 0.1) is 11.3 Å². The van der Waals surface area contributed by atoms with Gasteiger partial charge in [0.15, 0.2) is 0 Å². The van der Waals surface area contributed by atoms with Gasteiger partial charge in [0.2, 0.25) is 0 Å². The Hall–Kier alpha value is -2.57. The Morgan fingerprint density at radius 1 is 1.05 bits per heavy atom. The quantitative estimate of drug-likeness (QED) is 0.793. The molecule has 0 spiro atoms. The van der Waals surface area contributed by atoms with Gasteiger partial charge in [-0.2, -0.15) is 5.26 Å². The zero-order valence-electron chi connectivity index (χ0n) is 12.0. The Labute approximate surface area is 124 Å². The fraction of sp³-hybridized carbons (Fsp3) is 0.167. The molecule has 21 heavy (non-hydrogen) atoms. The predicted molar refractivity (Wildman–Crippen MR) is 84.6 cm³/mol. The van der Waals surface area contributed by atoms with Gasteiger partial charge in [0.1, 0.15) is 0 Å². The number of para-hydroxylation sites is 1. The Kier molecular flexibility index (Phi) is 3.72. The minimum atomic E-state index is 0.702. The molecule has 0 radical (unpaired) electrons. The summed E-state index contributed by atoms with van der Waals surface area (Å²) in [4.78, 5) is 0. The molecule has 2 aromatic carbocycles. The van der Waals surface area contributed by atoms with Crippen molar-refractivity contribution in [2.75, 3.05) is 0 Å². The van der Waals surface area contributed by atoms with Crippen LogP contribution in [0.25, 0.3) is 10.9 Å². The van der Waals surface area contributed by atoms with Gasteiger partial charge < -0.3 is 9.88 Å². The molecule has 3 aromatic rings. The average molecular weight is 275 g/mol. The highest BCUT2D eigenvalue weighted by Gasteiger charge is 2.05. The molecule has 0 aliphatic rings. The molecular weight excluding hydrogens is 258 g/mol. The summed E-state index contributed by atoms with van der Waals surface area (Å²) in [5.41, 5.74) is 4.46. The number of benzene rings is 2. The molecule has 0 fully saturated rings. The Morgan fingerprint density at radius 2 is 1.81 bits per heavy atom. The fourth-order valence-electron chi connectivity index (χ4n) is 2.61. The molecule has 1 aromatic heterocycles. The number of rotatable bonds is 4. The second-order valence-electron chi connectivity index (χ2n) is 5.19. The number of hydrogen-bond donors (Lipinski definition) is 1. The van der Waals surface area contributed by atoms with Gasteiger partial charge in [-0.1, -0.05) is 30.3 Å². The third-order valence-corrected chi connectivity index (χ3v) is 3.71. The van der Waals surface area contributed by atoms with E-state index >= 15 is 0 Å². The van der Waals surface area contributed by atoms with Gasteiger partial charge in [0.25, 0.3) is 0 Å². The first-order valence-electron chi connectivity index (χ1n) is 7.00. The number of fused-ring (bicyclic) bond motifs is 1. The summed E-state index contributed by atoms with van der Waals surface area (Å²) >= 11 is 0. The SMILES string of the molecule is Cn1cc(CNCc2ccc(C#N)cc2)c2ccccc21. The highest BCUT2D eigenvalue weighted by atomic mass is 14.9. The Bertz CT molecular complexity index is 791. The van der Waals surface area contributed by atoms with E-state index in [1.807, 2.05) is 24.3 Å². The molecule has 0 aliphatic carbocycles. The number of aromatic nitrogens is 1. The van der Waals surface area contributed by atoms with Crippen molar-refractivity contribution in [1.82, 2.24) is 9.88 Å². The highest BCUT2D eigenvalue weighted by Crippen LogP contribution is 2.20. The van der Waals surface area contributed by atoms with Crippen LogP contribution >= 0.6 is 0 Å². The summed E-state index contributed by atoms with van der Waals surface area (Å²) in [6.45, 7) is 1.64. The summed E-state index contributed by atoms with van der Waals surface area (Å²) in [6, 6.07) is 18.3. The summed E-state index contributed by atoms with van der Waals surface area (Å²) in [6.07, 6.45) is 2.18. The van der Waals surface area contributed by atoms with Crippen LogP contribution in [0.3, 0.4) is 0 Å². The van der Waals surface area contributed by atoms with Crippen LogP contribution in [-0.2, 0) is 20.1 Å². The molecule has 3 nitrogen and oxygen atoms in total. The topological polar surface area (TPSA) is 40.8 Å². The fourth-order valence-corrected chi connectivity index (χ4v) is 2.61. The van der Waals surface area contributed by atoms with E-state index < -0.39 is 0 Å². The maximum atomic E-state index is 8.79. The summed E-state index contributed by atoms with van der Waals surface area (Å²) < 4.78 is 2.16. The summed E-state index contributed by atoms with van der Waals surface area (Å²) in [5.74, 6) is 0. The predicted octanol–water partition coefficient (Wildman–Crippen LogP) is 3.34. The first kappa shape index (κ1) is 13.4. The van der Waals surface area contributed by atoms with Gasteiger partial charge in [-0.05, 0) is 29.3 Å². The molecule has 3 rings (SSSR count). The van der Waals surface area contributed by atoms with Crippen molar-refractivity contribution in [3.05, 3.63) is 71.4 Å². The van der Waals surface area contributed by atoms with Gasteiger partial charge in [0, 0.05) is 37.2 Å². The lowest BCUT2D eigenvalue weighted by atomic mass is 10.1. The van der Waals surface area contributed by atoms with Crippen LogP contribution in [0.4, 0.5) is 0 Å².